The molecule has 0 spiro atoms. The summed E-state index contributed by atoms with van der Waals surface area (Å²) in [7, 11) is 1.66. The molecule has 3 aromatic rings. The number of fused-ring (bicyclic) bond motifs is 1. The van der Waals surface area contributed by atoms with Gasteiger partial charge < -0.3 is 14.6 Å². The molecule has 0 aliphatic rings. The Balaban J connectivity index is 1.97. The molecule has 8 heteroatoms. The van der Waals surface area contributed by atoms with Crippen molar-refractivity contribution in [2.24, 2.45) is 7.05 Å². The Bertz CT molecular complexity index is 1030. The topological polar surface area (TPSA) is 86.1 Å². The number of aryl methyl sites for hydroxylation is 1. The van der Waals surface area contributed by atoms with Crippen LogP contribution in [0.4, 0.5) is 11.5 Å². The third-order valence-corrected chi connectivity index (χ3v) is 4.18. The van der Waals surface area contributed by atoms with Crippen molar-refractivity contribution < 1.29 is 9.53 Å². The average molecular weight is 373 g/mol. The van der Waals surface area contributed by atoms with Gasteiger partial charge in [-0.3, -0.25) is 9.59 Å². The predicted molar refractivity (Wildman–Crippen MR) is 100 cm³/mol. The molecule has 7 nitrogen and oxygen atoms in total. The number of nitrogens with zero attached hydrogens (tertiary/aromatic N) is 3. The summed E-state index contributed by atoms with van der Waals surface area (Å²) < 4.78 is 6.90. The second-order valence-corrected chi connectivity index (χ2v) is 6.08. The number of carbonyl (C=O) groups excluding carboxylic acids is 1. The van der Waals surface area contributed by atoms with Gasteiger partial charge in [-0.1, -0.05) is 18.5 Å². The maximum atomic E-state index is 12.4. The number of ketones is 1. The Morgan fingerprint density at radius 2 is 2.15 bits per heavy atom. The van der Waals surface area contributed by atoms with Gasteiger partial charge in [0.05, 0.1) is 11.7 Å². The minimum absolute atomic E-state index is 0.0685. The highest BCUT2D eigenvalue weighted by atomic mass is 35.5. The van der Waals surface area contributed by atoms with Crippen molar-refractivity contribution in [3.05, 3.63) is 52.2 Å². The summed E-state index contributed by atoms with van der Waals surface area (Å²) in [6, 6.07) is 7.12. The highest BCUT2D eigenvalue weighted by molar-refractivity contribution is 6.32. The number of ether oxygens (including phenoxy) is 1. The van der Waals surface area contributed by atoms with Crippen LogP contribution in [-0.4, -0.2) is 26.9 Å². The molecule has 2 heterocycles. The number of hydrogen-bond donors (Lipinski definition) is 1. The largest absolute Gasteiger partial charge is 0.480 e. The van der Waals surface area contributed by atoms with Crippen LogP contribution < -0.4 is 15.6 Å². The van der Waals surface area contributed by atoms with Gasteiger partial charge in [0, 0.05) is 24.5 Å². The van der Waals surface area contributed by atoms with Gasteiger partial charge in [-0.25, -0.2) is 9.97 Å². The minimum Gasteiger partial charge on any atom is -0.480 e. The average Bonchev–Trinajstić information content (AvgIpc) is 2.65. The minimum atomic E-state index is -0.291. The van der Waals surface area contributed by atoms with Crippen LogP contribution in [-0.2, 0) is 11.8 Å². The van der Waals surface area contributed by atoms with Gasteiger partial charge in [-0.05, 0) is 24.3 Å². The van der Waals surface area contributed by atoms with E-state index in [0.29, 0.717) is 17.3 Å². The van der Waals surface area contributed by atoms with Crippen LogP contribution in [0, 0.1) is 0 Å². The van der Waals surface area contributed by atoms with E-state index >= 15 is 0 Å². The van der Waals surface area contributed by atoms with Crippen molar-refractivity contribution >= 4 is 39.8 Å². The molecule has 0 unspecified atom stereocenters. The summed E-state index contributed by atoms with van der Waals surface area (Å²) >= 11 is 6.06. The molecule has 0 aliphatic heterocycles. The molecule has 0 fully saturated rings. The van der Waals surface area contributed by atoms with E-state index < -0.39 is 0 Å². The summed E-state index contributed by atoms with van der Waals surface area (Å²) in [6.07, 6.45) is 3.26. The zero-order valence-electron chi connectivity index (χ0n) is 14.3. The van der Waals surface area contributed by atoms with Crippen LogP contribution in [0.3, 0.4) is 0 Å². The van der Waals surface area contributed by atoms with Crippen LogP contribution in [0.5, 0.6) is 5.75 Å². The molecule has 0 saturated carbocycles. The summed E-state index contributed by atoms with van der Waals surface area (Å²) in [5, 5.41) is 4.29. The molecule has 0 saturated heterocycles. The summed E-state index contributed by atoms with van der Waals surface area (Å²) in [6.45, 7) is 1.63. The molecule has 0 radical (unpaired) electrons. The van der Waals surface area contributed by atoms with E-state index in [1.54, 1.807) is 20.0 Å². The number of anilines is 2. The fourth-order valence-electron chi connectivity index (χ4n) is 2.44. The molecule has 1 aromatic carbocycles. The van der Waals surface area contributed by atoms with Gasteiger partial charge in [0.1, 0.15) is 18.0 Å². The standard InChI is InChI=1S/C18H17ClN4O3/c1-3-13(24)9-26-16-7-11-6-12(4-5-15(11)23(2)18(16)25)22-17-14(19)8-20-10-21-17/h4-8,10H,3,9H2,1-2H3,(H,20,21,22). The van der Waals surface area contributed by atoms with Gasteiger partial charge in [-0.2, -0.15) is 0 Å². The maximum Gasteiger partial charge on any atom is 0.293 e. The number of hydrogen-bond acceptors (Lipinski definition) is 6. The normalized spacial score (nSPS) is 10.7. The Hall–Kier alpha value is -2.93. The van der Waals surface area contributed by atoms with Crippen molar-refractivity contribution in [3.63, 3.8) is 0 Å². The molecule has 26 heavy (non-hydrogen) atoms. The first-order valence-electron chi connectivity index (χ1n) is 8.00. The molecular formula is C18H17ClN4O3. The molecule has 1 N–H and O–H groups in total. The second-order valence-electron chi connectivity index (χ2n) is 5.67. The molecule has 2 aromatic heterocycles. The predicted octanol–water partition coefficient (Wildman–Crippen LogP) is 3.08. The van der Waals surface area contributed by atoms with Crippen molar-refractivity contribution in [2.45, 2.75) is 13.3 Å². The number of pyridine rings is 1. The SMILES string of the molecule is CCC(=O)COc1cc2cc(Nc3ncncc3Cl)ccc2n(C)c1=O. The van der Waals surface area contributed by atoms with Crippen LogP contribution in [0.15, 0.2) is 41.6 Å². The Morgan fingerprint density at radius 3 is 2.88 bits per heavy atom. The van der Waals surface area contributed by atoms with E-state index in [-0.39, 0.29) is 23.7 Å². The maximum absolute atomic E-state index is 12.4. The molecule has 0 atom stereocenters. The third kappa shape index (κ3) is 3.67. The van der Waals surface area contributed by atoms with Crippen molar-refractivity contribution in [1.82, 2.24) is 14.5 Å². The van der Waals surface area contributed by atoms with Gasteiger partial charge in [0.15, 0.2) is 17.4 Å². The van der Waals surface area contributed by atoms with Gasteiger partial charge >= 0.3 is 0 Å². The highest BCUT2D eigenvalue weighted by Gasteiger charge is 2.11. The first kappa shape index (κ1) is 17.9. The molecule has 3 rings (SSSR count). The highest BCUT2D eigenvalue weighted by Crippen LogP contribution is 2.25. The van der Waals surface area contributed by atoms with E-state index in [9.17, 15) is 9.59 Å². The fourth-order valence-corrected chi connectivity index (χ4v) is 2.59. The molecular weight excluding hydrogens is 356 g/mol. The summed E-state index contributed by atoms with van der Waals surface area (Å²) in [5.41, 5.74) is 1.19. The zero-order chi connectivity index (χ0) is 18.7. The first-order chi connectivity index (χ1) is 12.5. The monoisotopic (exact) mass is 372 g/mol. The number of Topliss-reactive ketones (excluding diaryl/α,β-unsaturated/α-hetero) is 1. The van der Waals surface area contributed by atoms with E-state index in [0.717, 1.165) is 16.6 Å². The van der Waals surface area contributed by atoms with Crippen LogP contribution in [0.1, 0.15) is 13.3 Å². The van der Waals surface area contributed by atoms with E-state index in [4.69, 9.17) is 16.3 Å². The van der Waals surface area contributed by atoms with E-state index in [1.165, 1.54) is 17.1 Å². The smallest absolute Gasteiger partial charge is 0.293 e. The zero-order valence-corrected chi connectivity index (χ0v) is 15.1. The van der Waals surface area contributed by atoms with Crippen LogP contribution >= 0.6 is 11.6 Å². The lowest BCUT2D eigenvalue weighted by Crippen LogP contribution is -2.21. The third-order valence-electron chi connectivity index (χ3n) is 3.90. The number of halogens is 1. The lowest BCUT2D eigenvalue weighted by molar-refractivity contribution is -0.120. The van der Waals surface area contributed by atoms with E-state index in [1.807, 2.05) is 18.2 Å². The van der Waals surface area contributed by atoms with Crippen LogP contribution in [0.2, 0.25) is 5.02 Å². The Morgan fingerprint density at radius 1 is 1.35 bits per heavy atom. The Kier molecular flexibility index (Phi) is 5.18. The molecule has 134 valence electrons. The summed E-state index contributed by atoms with van der Waals surface area (Å²) in [4.78, 5) is 31.8. The van der Waals surface area contributed by atoms with Crippen molar-refractivity contribution in [2.75, 3.05) is 11.9 Å². The Labute approximate surface area is 154 Å². The second kappa shape index (κ2) is 7.53. The lowest BCUT2D eigenvalue weighted by Gasteiger charge is -2.12. The number of carbonyl (C=O) groups is 1. The van der Waals surface area contributed by atoms with Gasteiger partial charge in [-0.15, -0.1) is 0 Å². The quantitative estimate of drug-likeness (QED) is 0.715. The van der Waals surface area contributed by atoms with Crippen molar-refractivity contribution in [1.29, 1.82) is 0 Å². The van der Waals surface area contributed by atoms with Crippen LogP contribution in [0.25, 0.3) is 10.9 Å². The number of aromatic nitrogens is 3. The number of rotatable bonds is 6. The number of benzene rings is 1. The van der Waals surface area contributed by atoms with E-state index in [2.05, 4.69) is 15.3 Å². The number of nitrogens with one attached hydrogen (secondary N) is 1. The van der Waals surface area contributed by atoms with Crippen molar-refractivity contribution in [3.8, 4) is 5.75 Å². The van der Waals surface area contributed by atoms with Gasteiger partial charge in [0.2, 0.25) is 0 Å². The lowest BCUT2D eigenvalue weighted by atomic mass is 10.2. The first-order valence-corrected chi connectivity index (χ1v) is 8.38. The van der Waals surface area contributed by atoms with Gasteiger partial charge in [0.25, 0.3) is 5.56 Å². The molecule has 0 aliphatic carbocycles. The molecule has 0 amide bonds. The molecule has 0 bridgehead atoms. The summed E-state index contributed by atoms with van der Waals surface area (Å²) in [5.74, 6) is 0.552. The fraction of sp³-hybridized carbons (Fsp3) is 0.222.